The summed E-state index contributed by atoms with van der Waals surface area (Å²) in [5, 5.41) is 2.14. The number of hydrogen-bond donors (Lipinski definition) is 2. The first-order valence-corrected chi connectivity index (χ1v) is 5.53. The second-order valence-electron chi connectivity index (χ2n) is 4.09. The number of carbonyl (C=O) groups is 2. The molecule has 0 atom stereocenters. The Morgan fingerprint density at radius 1 is 1.17 bits per heavy atom. The fourth-order valence-corrected chi connectivity index (χ4v) is 2.36. The molecule has 2 aromatic heterocycles. The van der Waals surface area contributed by atoms with E-state index >= 15 is 0 Å². The monoisotopic (exact) mass is 246 g/mol. The molecule has 0 saturated carbocycles. The molecule has 0 spiro atoms. The van der Waals surface area contributed by atoms with Crippen LogP contribution in [-0.4, -0.2) is 26.3 Å². The minimum atomic E-state index is -0.653. The van der Waals surface area contributed by atoms with Gasteiger partial charge in [0.2, 0.25) is 0 Å². The lowest BCUT2D eigenvalue weighted by atomic mass is 10.1. The topological polar surface area (TPSA) is 96.8 Å². The molecule has 0 radical (unpaired) electrons. The first kappa shape index (κ1) is 10.7. The average molecular weight is 246 g/mol. The number of pyridine rings is 1. The van der Waals surface area contributed by atoms with Gasteiger partial charge in [0.1, 0.15) is 11.4 Å². The number of imidazole rings is 1. The lowest BCUT2D eigenvalue weighted by Crippen LogP contribution is -2.23. The van der Waals surface area contributed by atoms with Crippen molar-refractivity contribution in [3.8, 4) is 0 Å². The fraction of sp³-hybridized carbons (Fsp3) is 0.273. The molecule has 2 aromatic rings. The number of aromatic amines is 1. The summed E-state index contributed by atoms with van der Waals surface area (Å²) < 4.78 is 1.79. The third-order valence-electron chi connectivity index (χ3n) is 3.10. The van der Waals surface area contributed by atoms with E-state index in [0.29, 0.717) is 23.5 Å². The van der Waals surface area contributed by atoms with Crippen LogP contribution in [0.15, 0.2) is 4.79 Å². The maximum absolute atomic E-state index is 11.8. The maximum atomic E-state index is 11.8. The molecule has 3 rings (SSSR count). The van der Waals surface area contributed by atoms with Crippen LogP contribution in [0, 0.1) is 6.92 Å². The summed E-state index contributed by atoms with van der Waals surface area (Å²) in [5.74, 6) is -0.510. The number of amides is 2. The molecule has 0 saturated heterocycles. The van der Waals surface area contributed by atoms with Gasteiger partial charge in [0.25, 0.3) is 17.4 Å². The molecule has 18 heavy (non-hydrogen) atoms. The van der Waals surface area contributed by atoms with Crippen molar-refractivity contribution in [2.45, 2.75) is 20.4 Å². The Balaban J connectivity index is 2.58. The predicted molar refractivity (Wildman–Crippen MR) is 62.6 cm³/mol. The quantitative estimate of drug-likeness (QED) is 0.688. The standard InChI is InChI=1S/C11H10N4O3/c1-3-15-4(2)12-8-7(15)5-6(10(17)13-8)11(18)14-9(5)16/h3H2,1-2H3,(H,13,17)(H,14,16,18). The first-order valence-electron chi connectivity index (χ1n) is 5.53. The van der Waals surface area contributed by atoms with Gasteiger partial charge in [-0.15, -0.1) is 0 Å². The first-order chi connectivity index (χ1) is 8.54. The number of nitrogens with one attached hydrogen (secondary N) is 2. The third-order valence-corrected chi connectivity index (χ3v) is 3.10. The minimum absolute atomic E-state index is 0.123. The summed E-state index contributed by atoms with van der Waals surface area (Å²) in [5.41, 5.74) is 0.265. The van der Waals surface area contributed by atoms with Crippen molar-refractivity contribution in [2.75, 3.05) is 0 Å². The van der Waals surface area contributed by atoms with Gasteiger partial charge in [-0.25, -0.2) is 4.98 Å². The van der Waals surface area contributed by atoms with Crippen LogP contribution in [0.3, 0.4) is 0 Å². The zero-order chi connectivity index (χ0) is 13.0. The van der Waals surface area contributed by atoms with E-state index < -0.39 is 17.4 Å². The van der Waals surface area contributed by atoms with Crippen LogP contribution in [0.5, 0.6) is 0 Å². The van der Waals surface area contributed by atoms with E-state index in [4.69, 9.17) is 0 Å². The number of carbonyl (C=O) groups excluding carboxylic acids is 2. The van der Waals surface area contributed by atoms with Crippen molar-refractivity contribution in [3.05, 3.63) is 27.3 Å². The van der Waals surface area contributed by atoms with Gasteiger partial charge in [-0.3, -0.25) is 19.7 Å². The zero-order valence-corrected chi connectivity index (χ0v) is 9.83. The van der Waals surface area contributed by atoms with Gasteiger partial charge in [0.05, 0.1) is 11.1 Å². The van der Waals surface area contributed by atoms with Crippen molar-refractivity contribution in [1.29, 1.82) is 0 Å². The van der Waals surface area contributed by atoms with Crippen molar-refractivity contribution >= 4 is 23.0 Å². The van der Waals surface area contributed by atoms with Crippen LogP contribution in [0.1, 0.15) is 33.5 Å². The lowest BCUT2D eigenvalue weighted by molar-refractivity contribution is 0.0879. The van der Waals surface area contributed by atoms with Gasteiger partial charge >= 0.3 is 0 Å². The molecular weight excluding hydrogens is 236 g/mol. The Labute approximate surface area is 101 Å². The molecular formula is C11H10N4O3. The van der Waals surface area contributed by atoms with Gasteiger partial charge < -0.3 is 9.55 Å². The summed E-state index contributed by atoms with van der Waals surface area (Å²) in [6.07, 6.45) is 0. The molecule has 1 aliphatic heterocycles. The molecule has 7 heteroatoms. The molecule has 0 unspecified atom stereocenters. The van der Waals surface area contributed by atoms with Crippen molar-refractivity contribution < 1.29 is 9.59 Å². The Bertz CT molecular complexity index is 769. The van der Waals surface area contributed by atoms with Gasteiger partial charge in [-0.1, -0.05) is 0 Å². The molecule has 0 aliphatic carbocycles. The van der Waals surface area contributed by atoms with Crippen LogP contribution in [-0.2, 0) is 6.54 Å². The number of imide groups is 1. The highest BCUT2D eigenvalue weighted by Gasteiger charge is 2.34. The normalized spacial score (nSPS) is 14.1. The number of nitrogens with zero attached hydrogens (tertiary/aromatic N) is 2. The maximum Gasteiger partial charge on any atom is 0.264 e. The van der Waals surface area contributed by atoms with Crippen molar-refractivity contribution in [2.24, 2.45) is 0 Å². The lowest BCUT2D eigenvalue weighted by Gasteiger charge is -2.03. The second kappa shape index (κ2) is 3.28. The minimum Gasteiger partial charge on any atom is -0.327 e. The van der Waals surface area contributed by atoms with E-state index in [0.717, 1.165) is 0 Å². The van der Waals surface area contributed by atoms with Gasteiger partial charge in [0, 0.05) is 6.54 Å². The van der Waals surface area contributed by atoms with E-state index in [9.17, 15) is 14.4 Å². The smallest absolute Gasteiger partial charge is 0.264 e. The Kier molecular flexibility index (Phi) is 1.95. The molecule has 0 aromatic carbocycles. The van der Waals surface area contributed by atoms with Gasteiger partial charge in [-0.05, 0) is 13.8 Å². The summed E-state index contributed by atoms with van der Waals surface area (Å²) in [4.78, 5) is 41.9. The number of rotatable bonds is 1. The molecule has 92 valence electrons. The van der Waals surface area contributed by atoms with Crippen LogP contribution in [0.2, 0.25) is 0 Å². The van der Waals surface area contributed by atoms with E-state index in [1.807, 2.05) is 6.92 Å². The van der Waals surface area contributed by atoms with E-state index in [1.165, 1.54) is 0 Å². The second-order valence-corrected chi connectivity index (χ2v) is 4.09. The van der Waals surface area contributed by atoms with E-state index in [-0.39, 0.29) is 11.1 Å². The zero-order valence-electron chi connectivity index (χ0n) is 9.83. The van der Waals surface area contributed by atoms with E-state index in [2.05, 4.69) is 15.3 Å². The molecule has 2 amide bonds. The highest BCUT2D eigenvalue weighted by molar-refractivity contribution is 6.25. The highest BCUT2D eigenvalue weighted by atomic mass is 16.2. The largest absolute Gasteiger partial charge is 0.327 e. The summed E-state index contributed by atoms with van der Waals surface area (Å²) in [6, 6.07) is 0. The van der Waals surface area contributed by atoms with Gasteiger partial charge in [0.15, 0.2) is 5.65 Å². The molecule has 2 N–H and O–H groups in total. The number of fused-ring (bicyclic) bond motifs is 3. The summed E-state index contributed by atoms with van der Waals surface area (Å²) in [6.45, 7) is 4.28. The number of aromatic nitrogens is 3. The number of hydrogen-bond acceptors (Lipinski definition) is 4. The molecule has 3 heterocycles. The molecule has 7 nitrogen and oxygen atoms in total. The van der Waals surface area contributed by atoms with Gasteiger partial charge in [-0.2, -0.15) is 0 Å². The van der Waals surface area contributed by atoms with Crippen LogP contribution in [0.4, 0.5) is 0 Å². The van der Waals surface area contributed by atoms with Crippen molar-refractivity contribution in [3.63, 3.8) is 0 Å². The summed E-state index contributed by atoms with van der Waals surface area (Å²) in [7, 11) is 0. The average Bonchev–Trinajstić information content (AvgIpc) is 2.76. The summed E-state index contributed by atoms with van der Waals surface area (Å²) >= 11 is 0. The molecule has 0 fully saturated rings. The van der Waals surface area contributed by atoms with Crippen LogP contribution in [0.25, 0.3) is 11.2 Å². The number of aryl methyl sites for hydroxylation is 2. The SMILES string of the molecule is CCn1c(C)nc2[nH]c(=O)c3c(c21)C(=O)NC3=O. The van der Waals surface area contributed by atoms with Crippen molar-refractivity contribution in [1.82, 2.24) is 19.9 Å². The Morgan fingerprint density at radius 3 is 2.50 bits per heavy atom. The number of H-pyrrole nitrogens is 1. The third kappa shape index (κ3) is 1.13. The van der Waals surface area contributed by atoms with Crippen LogP contribution < -0.4 is 10.9 Å². The van der Waals surface area contributed by atoms with E-state index in [1.54, 1.807) is 11.5 Å². The van der Waals surface area contributed by atoms with Crippen LogP contribution >= 0.6 is 0 Å². The predicted octanol–water partition coefficient (Wildman–Crippen LogP) is -0.0635. The molecule has 0 bridgehead atoms. The highest BCUT2D eigenvalue weighted by Crippen LogP contribution is 2.22. The Morgan fingerprint density at radius 2 is 1.83 bits per heavy atom. The molecule has 1 aliphatic rings. The Hall–Kier alpha value is -2.44. The fourth-order valence-electron chi connectivity index (χ4n) is 2.36.